The van der Waals surface area contributed by atoms with Gasteiger partial charge in [-0.2, -0.15) is 0 Å². The first-order chi connectivity index (χ1) is 10.6. The third kappa shape index (κ3) is 2.59. The monoisotopic (exact) mass is 295 g/mol. The van der Waals surface area contributed by atoms with Gasteiger partial charge in [0.05, 0.1) is 5.41 Å². The van der Waals surface area contributed by atoms with Crippen LogP contribution in [0.4, 0.5) is 5.69 Å². The van der Waals surface area contributed by atoms with E-state index in [1.54, 1.807) is 0 Å². The van der Waals surface area contributed by atoms with Gasteiger partial charge in [-0.25, -0.2) is 0 Å². The number of carboxylic acids is 1. The van der Waals surface area contributed by atoms with Crippen LogP contribution in [-0.2, 0) is 10.2 Å². The van der Waals surface area contributed by atoms with Gasteiger partial charge in [0.1, 0.15) is 0 Å². The summed E-state index contributed by atoms with van der Waals surface area (Å²) in [5.74, 6) is -0.697. The second kappa shape index (κ2) is 5.84. The van der Waals surface area contributed by atoms with E-state index >= 15 is 0 Å². The summed E-state index contributed by atoms with van der Waals surface area (Å²) in [6.07, 6.45) is 2.49. The molecule has 0 spiro atoms. The van der Waals surface area contributed by atoms with Crippen LogP contribution in [0.3, 0.4) is 0 Å². The summed E-state index contributed by atoms with van der Waals surface area (Å²) in [5.41, 5.74) is 2.51. The fourth-order valence-corrected chi connectivity index (χ4v) is 3.12. The summed E-state index contributed by atoms with van der Waals surface area (Å²) in [6, 6.07) is 18.3. The highest BCUT2D eigenvalue weighted by atomic mass is 16.4. The molecule has 0 radical (unpaired) electrons. The van der Waals surface area contributed by atoms with Crippen LogP contribution in [-0.4, -0.2) is 11.1 Å². The van der Waals surface area contributed by atoms with E-state index in [-0.39, 0.29) is 6.04 Å². The lowest BCUT2D eigenvalue weighted by Gasteiger charge is -2.38. The highest BCUT2D eigenvalue weighted by Gasteiger charge is 2.45. The van der Waals surface area contributed by atoms with E-state index in [1.165, 1.54) is 5.56 Å². The molecule has 3 rings (SSSR count). The number of carboxylic acid groups (broad SMARTS) is 1. The molecule has 114 valence electrons. The van der Waals surface area contributed by atoms with E-state index < -0.39 is 11.4 Å². The maximum Gasteiger partial charge on any atom is 0.314 e. The number of rotatable bonds is 5. The molecule has 0 heterocycles. The van der Waals surface area contributed by atoms with Crippen LogP contribution in [0.5, 0.6) is 0 Å². The minimum absolute atomic E-state index is 0.212. The third-order valence-electron chi connectivity index (χ3n) is 4.74. The lowest BCUT2D eigenvalue weighted by atomic mass is 9.64. The average molecular weight is 295 g/mol. The Balaban J connectivity index is 1.73. The van der Waals surface area contributed by atoms with Gasteiger partial charge in [0.15, 0.2) is 0 Å². The minimum atomic E-state index is -0.697. The van der Waals surface area contributed by atoms with E-state index in [0.29, 0.717) is 0 Å². The number of hydrogen-bond donors (Lipinski definition) is 2. The summed E-state index contributed by atoms with van der Waals surface area (Å²) in [7, 11) is 0. The Morgan fingerprint density at radius 1 is 1.09 bits per heavy atom. The zero-order valence-electron chi connectivity index (χ0n) is 12.8. The Hall–Kier alpha value is -2.29. The van der Waals surface area contributed by atoms with Crippen LogP contribution in [0.15, 0.2) is 54.6 Å². The largest absolute Gasteiger partial charge is 0.481 e. The normalized spacial score (nSPS) is 17.3. The highest BCUT2D eigenvalue weighted by Crippen LogP contribution is 2.44. The number of nitrogens with one attached hydrogen (secondary N) is 1. The fourth-order valence-electron chi connectivity index (χ4n) is 3.12. The lowest BCUT2D eigenvalue weighted by Crippen LogP contribution is -2.42. The third-order valence-corrected chi connectivity index (χ3v) is 4.74. The Labute approximate surface area is 131 Å². The molecule has 1 unspecified atom stereocenters. The van der Waals surface area contributed by atoms with Gasteiger partial charge in [-0.15, -0.1) is 0 Å². The fraction of sp³-hybridized carbons (Fsp3) is 0.316. The predicted octanol–water partition coefficient (Wildman–Crippen LogP) is 4.37. The zero-order chi connectivity index (χ0) is 15.6. The number of benzene rings is 2. The molecule has 3 nitrogen and oxygen atoms in total. The average Bonchev–Trinajstić information content (AvgIpc) is 2.48. The van der Waals surface area contributed by atoms with Crippen LogP contribution in [0, 0.1) is 0 Å². The molecule has 1 aliphatic rings. The summed E-state index contributed by atoms with van der Waals surface area (Å²) in [4.78, 5) is 11.5. The Morgan fingerprint density at radius 3 is 2.23 bits per heavy atom. The van der Waals surface area contributed by atoms with Gasteiger partial charge in [0.2, 0.25) is 0 Å². The van der Waals surface area contributed by atoms with Gasteiger partial charge in [-0.1, -0.05) is 48.9 Å². The summed E-state index contributed by atoms with van der Waals surface area (Å²) < 4.78 is 0. The van der Waals surface area contributed by atoms with Crippen molar-refractivity contribution >= 4 is 11.7 Å². The van der Waals surface area contributed by atoms with Crippen molar-refractivity contribution in [2.45, 2.75) is 37.6 Å². The molecule has 1 saturated carbocycles. The van der Waals surface area contributed by atoms with Crippen molar-refractivity contribution in [3.05, 3.63) is 65.7 Å². The van der Waals surface area contributed by atoms with Crippen molar-refractivity contribution in [1.82, 2.24) is 0 Å². The summed E-state index contributed by atoms with van der Waals surface area (Å²) >= 11 is 0. The molecule has 0 saturated heterocycles. The van der Waals surface area contributed by atoms with Crippen molar-refractivity contribution in [1.29, 1.82) is 0 Å². The minimum Gasteiger partial charge on any atom is -0.481 e. The molecule has 0 aromatic heterocycles. The van der Waals surface area contributed by atoms with Gasteiger partial charge in [0.25, 0.3) is 0 Å². The predicted molar refractivity (Wildman–Crippen MR) is 88.1 cm³/mol. The Bertz CT molecular complexity index is 645. The van der Waals surface area contributed by atoms with Crippen LogP contribution >= 0.6 is 0 Å². The molecule has 0 aliphatic heterocycles. The first-order valence-corrected chi connectivity index (χ1v) is 7.77. The van der Waals surface area contributed by atoms with Gasteiger partial charge < -0.3 is 10.4 Å². The van der Waals surface area contributed by atoms with Crippen molar-refractivity contribution in [3.8, 4) is 0 Å². The van der Waals surface area contributed by atoms with Crippen LogP contribution in [0.2, 0.25) is 0 Å². The molecule has 3 heteroatoms. The highest BCUT2D eigenvalue weighted by molar-refractivity contribution is 5.82. The van der Waals surface area contributed by atoms with E-state index in [2.05, 4.69) is 24.4 Å². The Morgan fingerprint density at radius 2 is 1.73 bits per heavy atom. The summed E-state index contributed by atoms with van der Waals surface area (Å²) in [6.45, 7) is 2.12. The van der Waals surface area contributed by atoms with Crippen molar-refractivity contribution < 1.29 is 9.90 Å². The van der Waals surface area contributed by atoms with Crippen molar-refractivity contribution in [2.75, 3.05) is 5.32 Å². The second-order valence-corrected chi connectivity index (χ2v) is 6.09. The molecule has 2 N–H and O–H groups in total. The smallest absolute Gasteiger partial charge is 0.314 e. The van der Waals surface area contributed by atoms with Crippen LogP contribution < -0.4 is 5.32 Å². The molecular weight excluding hydrogens is 274 g/mol. The van der Waals surface area contributed by atoms with Crippen LogP contribution in [0.1, 0.15) is 43.4 Å². The molecule has 2 aromatic carbocycles. The standard InChI is InChI=1S/C19H21NO2/c1-14(15-6-3-2-4-7-15)20-17-10-8-16(9-11-17)19(18(21)22)12-5-13-19/h2-4,6-11,14,20H,5,12-13H2,1H3,(H,21,22). The molecular formula is C19H21NO2. The van der Waals surface area contributed by atoms with E-state index in [0.717, 1.165) is 30.5 Å². The maximum absolute atomic E-state index is 11.5. The molecule has 1 fully saturated rings. The van der Waals surface area contributed by atoms with Crippen molar-refractivity contribution in [2.24, 2.45) is 0 Å². The number of aliphatic carboxylic acids is 1. The van der Waals surface area contributed by atoms with E-state index in [9.17, 15) is 9.90 Å². The van der Waals surface area contributed by atoms with E-state index in [1.807, 2.05) is 42.5 Å². The topological polar surface area (TPSA) is 49.3 Å². The molecule has 1 atom stereocenters. The maximum atomic E-state index is 11.5. The van der Waals surface area contributed by atoms with Gasteiger partial charge >= 0.3 is 5.97 Å². The van der Waals surface area contributed by atoms with Gasteiger partial charge in [-0.05, 0) is 43.0 Å². The molecule has 22 heavy (non-hydrogen) atoms. The quantitative estimate of drug-likeness (QED) is 0.861. The molecule has 2 aromatic rings. The first kappa shape index (κ1) is 14.6. The van der Waals surface area contributed by atoms with Crippen molar-refractivity contribution in [3.63, 3.8) is 0 Å². The summed E-state index contributed by atoms with van der Waals surface area (Å²) in [5, 5.41) is 12.9. The number of anilines is 1. The number of hydrogen-bond acceptors (Lipinski definition) is 2. The first-order valence-electron chi connectivity index (χ1n) is 7.77. The molecule has 0 amide bonds. The number of carbonyl (C=O) groups is 1. The zero-order valence-corrected chi connectivity index (χ0v) is 12.8. The van der Waals surface area contributed by atoms with Gasteiger partial charge in [-0.3, -0.25) is 4.79 Å². The van der Waals surface area contributed by atoms with Gasteiger partial charge in [0, 0.05) is 11.7 Å². The SMILES string of the molecule is CC(Nc1ccc(C2(C(=O)O)CCC2)cc1)c1ccccc1. The lowest BCUT2D eigenvalue weighted by molar-refractivity contribution is -0.147. The second-order valence-electron chi connectivity index (χ2n) is 6.09. The molecule has 1 aliphatic carbocycles. The van der Waals surface area contributed by atoms with E-state index in [4.69, 9.17) is 0 Å². The molecule has 0 bridgehead atoms. The van der Waals surface area contributed by atoms with Crippen LogP contribution in [0.25, 0.3) is 0 Å². The Kier molecular flexibility index (Phi) is 3.88.